The molecule has 0 bridgehead atoms. The Bertz CT molecular complexity index is 3700. The van der Waals surface area contributed by atoms with Crippen LogP contribution in [0.25, 0.3) is 71.4 Å². The summed E-state index contributed by atoms with van der Waals surface area (Å²) in [7, 11) is 0.896. The summed E-state index contributed by atoms with van der Waals surface area (Å²) in [6, 6.07) is 63.7. The summed E-state index contributed by atoms with van der Waals surface area (Å²) in [4.78, 5) is 0. The first-order chi connectivity index (χ1) is 33.5. The van der Waals surface area contributed by atoms with Crippen LogP contribution in [0.2, 0.25) is 6.32 Å². The van der Waals surface area contributed by atoms with E-state index in [0.717, 1.165) is 52.3 Å². The first-order valence-corrected chi connectivity index (χ1v) is 25.7. The number of hydrogen-bond acceptors (Lipinski definition) is 0. The van der Waals surface area contributed by atoms with E-state index in [1.807, 2.05) is 0 Å². The van der Waals surface area contributed by atoms with Gasteiger partial charge in [-0.3, -0.25) is 0 Å². The minimum atomic E-state index is 0.0500. The molecule has 2 heterocycles. The van der Waals surface area contributed by atoms with Gasteiger partial charge in [-0.05, 0) is 166 Å². The molecule has 13 rings (SSSR count). The quantitative estimate of drug-likeness (QED) is 0.156. The third-order valence-electron chi connectivity index (χ3n) is 16.3. The predicted molar refractivity (Wildman–Crippen MR) is 297 cm³/mol. The van der Waals surface area contributed by atoms with Crippen molar-refractivity contribution in [2.75, 3.05) is 0 Å². The summed E-state index contributed by atoms with van der Waals surface area (Å²) in [6.45, 7) is 14.0. The molecular weight excluding hydrogens is 830 g/mol. The van der Waals surface area contributed by atoms with E-state index in [9.17, 15) is 0 Å². The molecule has 0 saturated carbocycles. The second-order valence-electron chi connectivity index (χ2n) is 22.4. The topological polar surface area (TPSA) is 4.93 Å². The summed E-state index contributed by atoms with van der Waals surface area (Å²) in [5.41, 5.74) is 27.2. The molecular formula is C67H60BN. The lowest BCUT2D eigenvalue weighted by atomic mass is 9.77. The van der Waals surface area contributed by atoms with Crippen molar-refractivity contribution in [2.45, 2.75) is 97.2 Å². The Kier molecular flexibility index (Phi) is 9.68. The summed E-state index contributed by atoms with van der Waals surface area (Å²) in [6.07, 6.45) is 7.40. The Morgan fingerprint density at radius 2 is 0.899 bits per heavy atom. The Morgan fingerprint density at radius 1 is 0.377 bits per heavy atom. The van der Waals surface area contributed by atoms with Crippen LogP contribution in [0.5, 0.6) is 0 Å². The summed E-state index contributed by atoms with van der Waals surface area (Å²) < 4.78 is 2.84. The van der Waals surface area contributed by atoms with Crippen molar-refractivity contribution in [3.05, 3.63) is 231 Å². The molecule has 0 unspecified atom stereocenters. The molecule has 9 aromatic rings. The highest BCUT2D eigenvalue weighted by molar-refractivity contribution is 6.40. The molecule has 1 aromatic heterocycles. The Morgan fingerprint density at radius 3 is 1.54 bits per heavy atom. The zero-order chi connectivity index (χ0) is 46.8. The van der Waals surface area contributed by atoms with Crippen molar-refractivity contribution >= 4 is 56.5 Å². The van der Waals surface area contributed by atoms with E-state index in [0.29, 0.717) is 0 Å². The van der Waals surface area contributed by atoms with Gasteiger partial charge >= 0.3 is 0 Å². The Labute approximate surface area is 409 Å². The molecule has 0 fully saturated rings. The second-order valence-corrected chi connectivity index (χ2v) is 22.4. The Hall–Kier alpha value is -6.90. The fourth-order valence-corrected chi connectivity index (χ4v) is 13.0. The number of rotatable bonds is 3. The number of allylic oxidation sites excluding steroid dienone is 5. The molecule has 0 spiro atoms. The molecule has 336 valence electrons. The molecule has 0 saturated heterocycles. The SMILES string of the molecule is CC(C)(C)c1ccc(C2=C3CCCc4c(ccc5ccccc45)C3=C3CBn4c(c(-c5ccc(C(C)(C)C)cc5)c5c4-c4ccc6ccccc6c4CCC5)C(c4cccc5ccccc45)=C32)cc1. The molecule has 0 radical (unpaired) electrons. The van der Waals surface area contributed by atoms with Gasteiger partial charge in [0.1, 0.15) is 0 Å². The first-order valence-electron chi connectivity index (χ1n) is 25.7. The molecule has 1 nitrogen and oxygen atoms in total. The highest BCUT2D eigenvalue weighted by Crippen LogP contribution is 2.59. The molecule has 69 heavy (non-hydrogen) atoms. The third kappa shape index (κ3) is 6.65. The van der Waals surface area contributed by atoms with E-state index in [1.165, 1.54) is 138 Å². The van der Waals surface area contributed by atoms with Crippen LogP contribution in [-0.2, 0) is 30.1 Å². The van der Waals surface area contributed by atoms with Gasteiger partial charge in [0.25, 0.3) is 0 Å². The number of fused-ring (bicyclic) bond motifs is 14. The van der Waals surface area contributed by atoms with Crippen LogP contribution >= 0.6 is 0 Å². The lowest BCUT2D eigenvalue weighted by Gasteiger charge is -2.23. The number of benzene rings is 8. The van der Waals surface area contributed by atoms with Crippen LogP contribution in [0.4, 0.5) is 0 Å². The lowest BCUT2D eigenvalue weighted by molar-refractivity contribution is 0.590. The third-order valence-corrected chi connectivity index (χ3v) is 16.3. The van der Waals surface area contributed by atoms with Crippen molar-refractivity contribution in [3.8, 4) is 22.4 Å². The van der Waals surface area contributed by atoms with Gasteiger partial charge < -0.3 is 4.48 Å². The monoisotopic (exact) mass is 889 g/mol. The molecule has 0 amide bonds. The van der Waals surface area contributed by atoms with Crippen molar-refractivity contribution in [3.63, 3.8) is 0 Å². The predicted octanol–water partition coefficient (Wildman–Crippen LogP) is 17.1. The van der Waals surface area contributed by atoms with E-state index in [1.54, 1.807) is 0 Å². The van der Waals surface area contributed by atoms with Crippen molar-refractivity contribution in [1.29, 1.82) is 0 Å². The highest BCUT2D eigenvalue weighted by Gasteiger charge is 2.41. The van der Waals surface area contributed by atoms with E-state index in [2.05, 4.69) is 210 Å². The van der Waals surface area contributed by atoms with Gasteiger partial charge in [0.05, 0.1) is 0 Å². The summed E-state index contributed by atoms with van der Waals surface area (Å²) >= 11 is 0. The number of nitrogens with zero attached hydrogens (tertiary/aromatic N) is 1. The number of aromatic nitrogens is 1. The standard InChI is InChI=1S/C67H60BN/c1-66(2,3)46-34-28-44(29-35-46)59-56-26-14-23-51-48-20-10-8-17-42(48)32-38-54(51)61(56)58-40-68-69-64-55-39-33-43-18-9-11-21-49(43)52(55)24-15-27-57(64)60(45-30-36-47(37-31-45)67(4,5)6)65(69)63(62(58)59)53-25-13-19-41-16-7-12-22-50(41)53/h7-13,16-22,25,28-39,68H,14-15,23-24,26-27,40H2,1-6H3. The zero-order valence-corrected chi connectivity index (χ0v) is 41.2. The van der Waals surface area contributed by atoms with Gasteiger partial charge in [0, 0.05) is 28.1 Å². The fourth-order valence-electron chi connectivity index (χ4n) is 13.0. The van der Waals surface area contributed by atoms with Gasteiger partial charge in [-0.2, -0.15) is 0 Å². The maximum absolute atomic E-state index is 2.84. The largest absolute Gasteiger partial charge is 0.388 e. The molecule has 0 N–H and O–H groups in total. The van der Waals surface area contributed by atoms with Gasteiger partial charge in [-0.15, -0.1) is 0 Å². The van der Waals surface area contributed by atoms with Crippen LogP contribution < -0.4 is 0 Å². The molecule has 0 atom stereocenters. The van der Waals surface area contributed by atoms with Gasteiger partial charge in [-0.25, -0.2) is 0 Å². The van der Waals surface area contributed by atoms with Crippen LogP contribution in [-0.4, -0.2) is 11.9 Å². The first kappa shape index (κ1) is 42.2. The normalized spacial score (nSPS) is 15.8. The smallest absolute Gasteiger partial charge is 0.246 e. The highest BCUT2D eigenvalue weighted by atomic mass is 14.9. The average Bonchev–Trinajstić information content (AvgIpc) is 3.55. The lowest BCUT2D eigenvalue weighted by Crippen LogP contribution is -2.12. The van der Waals surface area contributed by atoms with E-state index in [-0.39, 0.29) is 10.8 Å². The average molecular weight is 890 g/mol. The fraction of sp³-hybridized carbons (Fsp3) is 0.224. The van der Waals surface area contributed by atoms with Crippen molar-refractivity contribution in [2.24, 2.45) is 0 Å². The van der Waals surface area contributed by atoms with Crippen molar-refractivity contribution in [1.82, 2.24) is 4.48 Å². The van der Waals surface area contributed by atoms with E-state index >= 15 is 0 Å². The molecule has 8 aromatic carbocycles. The number of aryl methyl sites for hydroxylation is 2. The van der Waals surface area contributed by atoms with Gasteiger partial charge in [-0.1, -0.05) is 205 Å². The van der Waals surface area contributed by atoms with Crippen LogP contribution in [0.1, 0.15) is 111 Å². The zero-order valence-electron chi connectivity index (χ0n) is 41.2. The minimum absolute atomic E-state index is 0.0500. The second kappa shape index (κ2) is 15.8. The Balaban J connectivity index is 1.22. The van der Waals surface area contributed by atoms with E-state index in [4.69, 9.17) is 0 Å². The molecule has 2 heteroatoms. The summed E-state index contributed by atoms with van der Waals surface area (Å²) in [5, 5.41) is 8.06. The van der Waals surface area contributed by atoms with Crippen LogP contribution in [0, 0.1) is 0 Å². The van der Waals surface area contributed by atoms with Gasteiger partial charge in [0.15, 0.2) is 0 Å². The van der Waals surface area contributed by atoms with Crippen LogP contribution in [0.15, 0.2) is 181 Å². The summed E-state index contributed by atoms with van der Waals surface area (Å²) in [5.74, 6) is 0. The van der Waals surface area contributed by atoms with Crippen molar-refractivity contribution < 1.29 is 0 Å². The van der Waals surface area contributed by atoms with Gasteiger partial charge in [0.2, 0.25) is 7.41 Å². The molecule has 1 aliphatic heterocycles. The maximum atomic E-state index is 2.84. The van der Waals surface area contributed by atoms with Crippen LogP contribution in [0.3, 0.4) is 0 Å². The molecule has 3 aliphatic carbocycles. The minimum Gasteiger partial charge on any atom is -0.388 e. The maximum Gasteiger partial charge on any atom is 0.246 e. The number of hydrogen-bond donors (Lipinski definition) is 0. The molecule has 4 aliphatic rings. The van der Waals surface area contributed by atoms with E-state index < -0.39 is 0 Å².